The Labute approximate surface area is 129 Å². The summed E-state index contributed by atoms with van der Waals surface area (Å²) in [6.45, 7) is 13.5. The minimum absolute atomic E-state index is 0.385. The van der Waals surface area contributed by atoms with E-state index in [9.17, 15) is 0 Å². The Kier molecular flexibility index (Phi) is 4.08. The van der Waals surface area contributed by atoms with Crippen LogP contribution in [-0.2, 0) is 0 Å². The van der Waals surface area contributed by atoms with Crippen LogP contribution in [0.4, 0.5) is 5.69 Å². The van der Waals surface area contributed by atoms with E-state index in [-0.39, 0.29) is 0 Å². The van der Waals surface area contributed by atoms with E-state index in [1.807, 2.05) is 0 Å². The third kappa shape index (κ3) is 3.32. The smallest absolute Gasteiger partial charge is 0.0402 e. The van der Waals surface area contributed by atoms with Gasteiger partial charge in [0.1, 0.15) is 0 Å². The lowest BCUT2D eigenvalue weighted by atomic mass is 9.68. The maximum atomic E-state index is 4.30. The fourth-order valence-electron chi connectivity index (χ4n) is 4.16. The van der Waals surface area contributed by atoms with E-state index >= 15 is 0 Å². The molecule has 1 N–H and O–H groups in total. The maximum Gasteiger partial charge on any atom is 0.0402 e. The van der Waals surface area contributed by atoms with E-state index in [2.05, 4.69) is 54.9 Å². The van der Waals surface area contributed by atoms with Crippen LogP contribution >= 0.6 is 0 Å². The van der Waals surface area contributed by atoms with E-state index < -0.39 is 0 Å². The van der Waals surface area contributed by atoms with E-state index in [0.717, 1.165) is 32.6 Å². The molecule has 1 unspecified atom stereocenters. The first-order valence-electron chi connectivity index (χ1n) is 8.26. The van der Waals surface area contributed by atoms with Crippen LogP contribution in [0.3, 0.4) is 0 Å². The van der Waals surface area contributed by atoms with Crippen LogP contribution in [0.2, 0.25) is 0 Å². The van der Waals surface area contributed by atoms with Gasteiger partial charge in [-0.05, 0) is 42.2 Å². The molecule has 0 radical (unpaired) electrons. The molecule has 1 aromatic rings. The van der Waals surface area contributed by atoms with E-state index in [1.54, 1.807) is 0 Å². The van der Waals surface area contributed by atoms with Gasteiger partial charge in [-0.25, -0.2) is 0 Å². The van der Waals surface area contributed by atoms with Gasteiger partial charge < -0.3 is 10.2 Å². The number of piperazine rings is 1. The van der Waals surface area contributed by atoms with Crippen LogP contribution in [0.25, 0.3) is 0 Å². The van der Waals surface area contributed by atoms with Crippen LogP contribution in [0, 0.1) is 5.41 Å². The number of anilines is 1. The predicted molar refractivity (Wildman–Crippen MR) is 91.0 cm³/mol. The molecule has 1 atom stereocenters. The van der Waals surface area contributed by atoms with Crippen molar-refractivity contribution in [2.75, 3.05) is 31.1 Å². The van der Waals surface area contributed by atoms with Crippen LogP contribution in [0.1, 0.15) is 44.6 Å². The minimum Gasteiger partial charge on any atom is -0.369 e. The van der Waals surface area contributed by atoms with Gasteiger partial charge in [-0.15, -0.1) is 0 Å². The number of para-hydroxylation sites is 1. The topological polar surface area (TPSA) is 15.3 Å². The fourth-order valence-corrected chi connectivity index (χ4v) is 4.16. The van der Waals surface area contributed by atoms with Gasteiger partial charge in [0.05, 0.1) is 0 Å². The highest BCUT2D eigenvalue weighted by molar-refractivity contribution is 5.56. The molecule has 2 aliphatic rings. The summed E-state index contributed by atoms with van der Waals surface area (Å²) in [4.78, 5) is 2.55. The highest BCUT2D eigenvalue weighted by Gasteiger charge is 2.32. The van der Waals surface area contributed by atoms with Gasteiger partial charge in [0.25, 0.3) is 0 Å². The second-order valence-electron chi connectivity index (χ2n) is 7.49. The summed E-state index contributed by atoms with van der Waals surface area (Å²) < 4.78 is 0. The van der Waals surface area contributed by atoms with Crippen LogP contribution in [-0.4, -0.2) is 26.2 Å². The molecular weight excluding hydrogens is 256 g/mol. The van der Waals surface area contributed by atoms with Gasteiger partial charge in [-0.2, -0.15) is 0 Å². The predicted octanol–water partition coefficient (Wildman–Crippen LogP) is 3.95. The molecule has 0 aromatic heterocycles. The standard InChI is InChI=1S/C19H28N2/c1-15-12-16(14-19(2,3)13-15)17-6-4-5-7-18(17)21-10-8-20-9-11-21/h4-7,16,20H,1,8-14H2,2-3H3. The van der Waals surface area contributed by atoms with Crippen molar-refractivity contribution in [2.24, 2.45) is 5.41 Å². The molecule has 2 fully saturated rings. The summed E-state index contributed by atoms with van der Waals surface area (Å²) >= 11 is 0. The first-order valence-corrected chi connectivity index (χ1v) is 8.26. The summed E-state index contributed by atoms with van der Waals surface area (Å²) in [7, 11) is 0. The normalized spacial score (nSPS) is 25.9. The molecule has 0 spiro atoms. The molecule has 21 heavy (non-hydrogen) atoms. The molecular formula is C19H28N2. The van der Waals surface area contributed by atoms with Crippen molar-refractivity contribution in [2.45, 2.75) is 39.0 Å². The quantitative estimate of drug-likeness (QED) is 0.827. The Balaban J connectivity index is 1.89. The van der Waals surface area contributed by atoms with Crippen molar-refractivity contribution in [3.8, 4) is 0 Å². The van der Waals surface area contributed by atoms with E-state index in [4.69, 9.17) is 0 Å². The molecule has 0 bridgehead atoms. The molecule has 1 aliphatic heterocycles. The van der Waals surface area contributed by atoms with Gasteiger partial charge in [0.2, 0.25) is 0 Å². The average Bonchev–Trinajstić information content (AvgIpc) is 2.46. The highest BCUT2D eigenvalue weighted by Crippen LogP contribution is 2.47. The average molecular weight is 284 g/mol. The van der Waals surface area contributed by atoms with E-state index in [0.29, 0.717) is 11.3 Å². The molecule has 1 aliphatic carbocycles. The fraction of sp³-hybridized carbons (Fsp3) is 0.579. The molecule has 1 saturated heterocycles. The largest absolute Gasteiger partial charge is 0.369 e. The Bertz CT molecular complexity index is 512. The molecule has 1 saturated carbocycles. The van der Waals surface area contributed by atoms with Crippen molar-refractivity contribution >= 4 is 5.69 Å². The van der Waals surface area contributed by atoms with Gasteiger partial charge >= 0.3 is 0 Å². The molecule has 1 aromatic carbocycles. The molecule has 114 valence electrons. The van der Waals surface area contributed by atoms with Gasteiger partial charge in [-0.1, -0.05) is 44.2 Å². The second-order valence-corrected chi connectivity index (χ2v) is 7.49. The van der Waals surface area contributed by atoms with Crippen molar-refractivity contribution in [1.29, 1.82) is 0 Å². The van der Waals surface area contributed by atoms with Gasteiger partial charge in [-0.3, -0.25) is 0 Å². The monoisotopic (exact) mass is 284 g/mol. The molecule has 3 rings (SSSR count). The third-order valence-electron chi connectivity index (χ3n) is 4.90. The van der Waals surface area contributed by atoms with Crippen molar-refractivity contribution in [3.63, 3.8) is 0 Å². The van der Waals surface area contributed by atoms with E-state index in [1.165, 1.54) is 29.7 Å². The number of rotatable bonds is 2. The van der Waals surface area contributed by atoms with Gasteiger partial charge in [0.15, 0.2) is 0 Å². The number of benzene rings is 1. The van der Waals surface area contributed by atoms with Crippen molar-refractivity contribution in [3.05, 3.63) is 42.0 Å². The Morgan fingerprint density at radius 3 is 2.62 bits per heavy atom. The SMILES string of the molecule is C=C1CC(c2ccccc2N2CCNCC2)CC(C)(C)C1. The summed E-state index contributed by atoms with van der Waals surface area (Å²) in [5, 5.41) is 3.45. The zero-order valence-corrected chi connectivity index (χ0v) is 13.5. The van der Waals surface area contributed by atoms with Crippen LogP contribution < -0.4 is 10.2 Å². The number of hydrogen-bond acceptors (Lipinski definition) is 2. The summed E-state index contributed by atoms with van der Waals surface area (Å²) in [5.41, 5.74) is 4.80. The number of hydrogen-bond donors (Lipinski definition) is 1. The summed E-state index contributed by atoms with van der Waals surface area (Å²) in [6, 6.07) is 9.04. The number of nitrogens with zero attached hydrogens (tertiary/aromatic N) is 1. The number of allylic oxidation sites excluding steroid dienone is 1. The zero-order valence-electron chi connectivity index (χ0n) is 13.5. The molecule has 1 heterocycles. The third-order valence-corrected chi connectivity index (χ3v) is 4.90. The highest BCUT2D eigenvalue weighted by atomic mass is 15.2. The second kappa shape index (κ2) is 5.84. The van der Waals surface area contributed by atoms with Crippen molar-refractivity contribution < 1.29 is 0 Å². The minimum atomic E-state index is 0.385. The lowest BCUT2D eigenvalue weighted by molar-refractivity contribution is 0.264. The molecule has 0 amide bonds. The summed E-state index contributed by atoms with van der Waals surface area (Å²) in [5.74, 6) is 0.632. The maximum absolute atomic E-state index is 4.30. The Hall–Kier alpha value is -1.28. The zero-order chi connectivity index (χ0) is 14.9. The summed E-state index contributed by atoms with van der Waals surface area (Å²) in [6.07, 6.45) is 3.61. The lowest BCUT2D eigenvalue weighted by Gasteiger charge is -2.39. The first-order chi connectivity index (χ1) is 10.1. The molecule has 2 heteroatoms. The van der Waals surface area contributed by atoms with Gasteiger partial charge in [0, 0.05) is 31.9 Å². The Morgan fingerprint density at radius 2 is 1.90 bits per heavy atom. The first kappa shape index (κ1) is 14.6. The lowest BCUT2D eigenvalue weighted by Crippen LogP contribution is -2.44. The van der Waals surface area contributed by atoms with Crippen LogP contribution in [0.15, 0.2) is 36.4 Å². The Morgan fingerprint density at radius 1 is 1.19 bits per heavy atom. The van der Waals surface area contributed by atoms with Crippen molar-refractivity contribution in [1.82, 2.24) is 5.32 Å². The van der Waals surface area contributed by atoms with Crippen LogP contribution in [0.5, 0.6) is 0 Å². The molecule has 2 nitrogen and oxygen atoms in total. The number of nitrogens with one attached hydrogen (secondary N) is 1.